The molecule has 6 aromatic rings. The van der Waals surface area contributed by atoms with Crippen LogP contribution in [0.1, 0.15) is 64.9 Å². The summed E-state index contributed by atoms with van der Waals surface area (Å²) in [5, 5.41) is 17.5. The van der Waals surface area contributed by atoms with Crippen LogP contribution < -0.4 is 16.0 Å². The maximum absolute atomic E-state index is 13.9. The molecular weight excluding hydrogens is 915 g/mol. The van der Waals surface area contributed by atoms with Crippen molar-refractivity contribution in [3.05, 3.63) is 203 Å². The number of carboxylic acid groups (broad SMARTS) is 1. The Balaban J connectivity index is 1.01. The number of amides is 3. The van der Waals surface area contributed by atoms with Crippen LogP contribution in [0, 0.1) is 0 Å². The third-order valence-electron chi connectivity index (χ3n) is 11.7. The Kier molecular flexibility index (Phi) is 15.7. The molecule has 1 heterocycles. The van der Waals surface area contributed by atoms with Crippen molar-refractivity contribution in [1.29, 1.82) is 0 Å². The van der Waals surface area contributed by atoms with E-state index in [1.807, 2.05) is 48.5 Å². The Morgan fingerprint density at radius 2 is 0.944 bits per heavy atom. The quantitative estimate of drug-likeness (QED) is 0.0537. The van der Waals surface area contributed by atoms with Crippen molar-refractivity contribution in [3.63, 3.8) is 0 Å². The first kappa shape index (κ1) is 48.6. The van der Waals surface area contributed by atoms with Crippen molar-refractivity contribution >= 4 is 42.0 Å². The van der Waals surface area contributed by atoms with Crippen molar-refractivity contribution in [1.82, 2.24) is 16.0 Å². The first-order valence-electron chi connectivity index (χ1n) is 22.6. The van der Waals surface area contributed by atoms with Gasteiger partial charge in [0, 0.05) is 12.5 Å². The van der Waals surface area contributed by atoms with Crippen molar-refractivity contribution in [2.45, 2.75) is 49.0 Å². The average molecular weight is 962 g/mol. The zero-order valence-electron chi connectivity index (χ0n) is 37.8. The zero-order valence-corrected chi connectivity index (χ0v) is 37.8. The van der Waals surface area contributed by atoms with Gasteiger partial charge in [-0.25, -0.2) is 33.6 Å². The minimum atomic E-state index is -1.77. The maximum atomic E-state index is 13.9. The summed E-state index contributed by atoms with van der Waals surface area (Å²) in [4.78, 5) is 94.1. The highest BCUT2D eigenvalue weighted by Gasteiger charge is 2.53. The number of hydrogen-bond donors (Lipinski definition) is 4. The number of carbonyl (C=O) groups excluding carboxylic acids is 6. The lowest BCUT2D eigenvalue weighted by atomic mass is 9.96. The van der Waals surface area contributed by atoms with Gasteiger partial charge in [-0.15, -0.1) is 0 Å². The summed E-state index contributed by atoms with van der Waals surface area (Å²) >= 11 is 0. The van der Waals surface area contributed by atoms with Gasteiger partial charge in [0.1, 0.15) is 25.4 Å². The number of ether oxygens (including phenoxy) is 6. The summed E-state index contributed by atoms with van der Waals surface area (Å²) in [6.07, 6.45) is -9.71. The first-order valence-corrected chi connectivity index (χ1v) is 22.6. The predicted octanol–water partition coefficient (Wildman–Crippen LogP) is 6.93. The van der Waals surface area contributed by atoms with Gasteiger partial charge in [0.15, 0.2) is 24.5 Å². The number of hydrogen-bond acceptors (Lipinski definition) is 13. The molecule has 2 aliphatic rings. The standard InChI is InChI=1S/C54H47N3O14/c58-48(59)42(56-54(65)67-31-41-39-27-15-13-25-37(39)38-26-14-16-28-40(38)41)29-30-55-53(64)57-47-46(71-52(63)36-23-11-4-12-24-36)45(70-51(62)35-21-9-3-10-22-35)44(69-50(61)34-19-7-2-8-20-34)43(68-47)32-66-49(60)33-17-5-1-6-18-33/h1-28,41-47H,29-32H2,(H,56,65)(H,58,59)(H2,55,57,64)/t42-,43+,44+,45-,46+,47+/m0/s1. The highest BCUT2D eigenvalue weighted by Crippen LogP contribution is 2.44. The summed E-state index contributed by atoms with van der Waals surface area (Å²) in [6.45, 7) is -1.04. The van der Waals surface area contributed by atoms with E-state index in [1.54, 1.807) is 72.8 Å². The first-order chi connectivity index (χ1) is 34.5. The number of carbonyl (C=O) groups is 7. The highest BCUT2D eigenvalue weighted by molar-refractivity contribution is 5.92. The molecule has 0 saturated carbocycles. The van der Waals surface area contributed by atoms with Gasteiger partial charge >= 0.3 is 42.0 Å². The van der Waals surface area contributed by atoms with Crippen molar-refractivity contribution in [2.75, 3.05) is 19.8 Å². The molecule has 1 saturated heterocycles. The Morgan fingerprint density at radius 3 is 1.44 bits per heavy atom. The molecule has 1 aliphatic heterocycles. The molecule has 8 rings (SSSR count). The molecule has 0 unspecified atom stereocenters. The van der Waals surface area contributed by atoms with Crippen LogP contribution in [0.2, 0.25) is 0 Å². The van der Waals surface area contributed by atoms with E-state index in [0.717, 1.165) is 22.3 Å². The summed E-state index contributed by atoms with van der Waals surface area (Å²) < 4.78 is 35.6. The topological polar surface area (TPSA) is 231 Å². The number of carboxylic acids is 1. The summed E-state index contributed by atoms with van der Waals surface area (Å²) in [6, 6.07) is 44.3. The maximum Gasteiger partial charge on any atom is 0.407 e. The second kappa shape index (κ2) is 23.0. The second-order valence-corrected chi connectivity index (χ2v) is 16.3. The molecule has 71 heavy (non-hydrogen) atoms. The number of urea groups is 1. The van der Waals surface area contributed by atoms with Crippen molar-refractivity contribution < 1.29 is 67.1 Å². The summed E-state index contributed by atoms with van der Waals surface area (Å²) in [5.74, 6) is -5.27. The summed E-state index contributed by atoms with van der Waals surface area (Å²) in [7, 11) is 0. The van der Waals surface area contributed by atoms with Gasteiger partial charge in [0.25, 0.3) is 0 Å². The third kappa shape index (κ3) is 12.1. The van der Waals surface area contributed by atoms with Crippen LogP contribution >= 0.6 is 0 Å². The Bertz CT molecular complexity index is 2810. The van der Waals surface area contributed by atoms with E-state index in [-0.39, 0.29) is 47.7 Å². The molecule has 3 amide bonds. The molecule has 17 nitrogen and oxygen atoms in total. The van der Waals surface area contributed by atoms with E-state index in [9.17, 15) is 38.7 Å². The number of fused-ring (bicyclic) bond motifs is 3. The molecule has 1 aliphatic carbocycles. The molecule has 1 fully saturated rings. The Labute approximate surface area is 407 Å². The van der Waals surface area contributed by atoms with Gasteiger partial charge in [-0.2, -0.15) is 0 Å². The van der Waals surface area contributed by atoms with Crippen LogP contribution in [0.3, 0.4) is 0 Å². The lowest BCUT2D eigenvalue weighted by Gasteiger charge is -2.44. The van der Waals surface area contributed by atoms with Gasteiger partial charge in [0.2, 0.25) is 0 Å². The zero-order chi connectivity index (χ0) is 49.7. The van der Waals surface area contributed by atoms with Gasteiger partial charge in [-0.3, -0.25) is 0 Å². The van der Waals surface area contributed by atoms with Crippen LogP contribution in [0.25, 0.3) is 11.1 Å². The molecule has 0 bridgehead atoms. The molecule has 0 radical (unpaired) electrons. The largest absolute Gasteiger partial charge is 0.480 e. The number of benzene rings is 6. The lowest BCUT2D eigenvalue weighted by Crippen LogP contribution is -2.67. The van der Waals surface area contributed by atoms with Crippen LogP contribution in [-0.2, 0) is 33.2 Å². The molecule has 0 aromatic heterocycles. The number of aliphatic carboxylic acids is 1. The SMILES string of the molecule is O=C(NCC[C@H](NC(=O)OCC1c2ccccc2-c2ccccc21)C(=O)O)N[C@@H]1O[C@H](COC(=O)c2ccccc2)[C@@H](OC(=O)c2ccccc2)[C@H](OC(=O)c2ccccc2)[C@H]1OC(=O)c1ccccc1. The van der Waals surface area contributed by atoms with E-state index in [1.165, 1.54) is 48.5 Å². The van der Waals surface area contributed by atoms with Crippen LogP contribution in [0.5, 0.6) is 0 Å². The van der Waals surface area contributed by atoms with E-state index < -0.39 is 85.3 Å². The number of nitrogens with one attached hydrogen (secondary N) is 3. The van der Waals surface area contributed by atoms with Crippen LogP contribution in [0.4, 0.5) is 9.59 Å². The van der Waals surface area contributed by atoms with Crippen LogP contribution in [-0.4, -0.2) is 104 Å². The molecule has 6 atom stereocenters. The Hall–Kier alpha value is -8.83. The van der Waals surface area contributed by atoms with Gasteiger partial charge in [-0.05, 0) is 77.2 Å². The highest BCUT2D eigenvalue weighted by atomic mass is 16.7. The molecular formula is C54H47N3O14. The van der Waals surface area contributed by atoms with Crippen molar-refractivity contribution in [3.8, 4) is 11.1 Å². The second-order valence-electron chi connectivity index (χ2n) is 16.3. The molecule has 0 spiro atoms. The normalized spacial score (nSPS) is 18.2. The fourth-order valence-corrected chi connectivity index (χ4v) is 8.23. The number of rotatable bonds is 17. The minimum Gasteiger partial charge on any atom is -0.480 e. The van der Waals surface area contributed by atoms with E-state index in [2.05, 4.69) is 16.0 Å². The fourth-order valence-electron chi connectivity index (χ4n) is 8.23. The monoisotopic (exact) mass is 961 g/mol. The average Bonchev–Trinajstić information content (AvgIpc) is 3.72. The van der Waals surface area contributed by atoms with Gasteiger partial charge in [-0.1, -0.05) is 121 Å². The Morgan fingerprint density at radius 1 is 0.507 bits per heavy atom. The molecule has 6 aromatic carbocycles. The minimum absolute atomic E-state index is 0.0594. The fraction of sp³-hybridized carbons (Fsp3) is 0.204. The number of esters is 4. The van der Waals surface area contributed by atoms with E-state index in [0.29, 0.717) is 0 Å². The number of alkyl carbamates (subject to hydrolysis) is 1. The van der Waals surface area contributed by atoms with Gasteiger partial charge in [0.05, 0.1) is 22.3 Å². The predicted molar refractivity (Wildman–Crippen MR) is 253 cm³/mol. The smallest absolute Gasteiger partial charge is 0.407 e. The molecule has 4 N–H and O–H groups in total. The van der Waals surface area contributed by atoms with Gasteiger partial charge < -0.3 is 49.5 Å². The molecule has 362 valence electrons. The van der Waals surface area contributed by atoms with E-state index >= 15 is 0 Å². The van der Waals surface area contributed by atoms with Crippen molar-refractivity contribution in [2.24, 2.45) is 0 Å². The lowest BCUT2D eigenvalue weighted by molar-refractivity contribution is -0.233. The molecule has 17 heteroatoms. The third-order valence-corrected chi connectivity index (χ3v) is 11.7. The van der Waals surface area contributed by atoms with Crippen LogP contribution in [0.15, 0.2) is 170 Å². The van der Waals surface area contributed by atoms with E-state index in [4.69, 9.17) is 28.4 Å². The summed E-state index contributed by atoms with van der Waals surface area (Å²) in [5.41, 5.74) is 4.35.